The van der Waals surface area contributed by atoms with E-state index in [9.17, 15) is 9.59 Å². The lowest BCUT2D eigenvalue weighted by molar-refractivity contribution is -0.163. The maximum atomic E-state index is 13.4. The smallest absolute Gasteiger partial charge is 0.231 e. The molecule has 0 aromatic heterocycles. The van der Waals surface area contributed by atoms with E-state index in [1.165, 1.54) is 0 Å². The number of hydrogen-bond donors (Lipinski definition) is 1. The fourth-order valence-corrected chi connectivity index (χ4v) is 5.31. The van der Waals surface area contributed by atoms with Gasteiger partial charge in [-0.2, -0.15) is 0 Å². The molecule has 25 heavy (non-hydrogen) atoms. The van der Waals surface area contributed by atoms with Crippen LogP contribution in [-0.4, -0.2) is 77.2 Å². The van der Waals surface area contributed by atoms with E-state index in [1.807, 2.05) is 4.90 Å². The van der Waals surface area contributed by atoms with E-state index in [0.717, 1.165) is 45.3 Å². The van der Waals surface area contributed by atoms with Crippen LogP contribution in [0.25, 0.3) is 0 Å². The molecule has 0 aromatic rings. The molecular formula is C18H30N4O3. The highest BCUT2D eigenvalue weighted by molar-refractivity contribution is 5.81. The largest absolute Gasteiger partial charge is 0.361 e. The van der Waals surface area contributed by atoms with Crippen molar-refractivity contribution < 1.29 is 14.3 Å². The summed E-state index contributed by atoms with van der Waals surface area (Å²) < 4.78 is 5.90. The minimum absolute atomic E-state index is 0.0820. The lowest BCUT2D eigenvalue weighted by Crippen LogP contribution is -2.67. The Bertz CT molecular complexity index is 542. The monoisotopic (exact) mass is 350 g/mol. The number of fused-ring (bicyclic) bond motifs is 2. The summed E-state index contributed by atoms with van der Waals surface area (Å²) in [6.45, 7) is 6.70. The van der Waals surface area contributed by atoms with Gasteiger partial charge in [0.15, 0.2) is 0 Å². The molecular weight excluding hydrogens is 320 g/mol. The van der Waals surface area contributed by atoms with Crippen molar-refractivity contribution >= 4 is 11.8 Å². The van der Waals surface area contributed by atoms with Gasteiger partial charge in [-0.3, -0.25) is 15.0 Å². The molecule has 4 unspecified atom stereocenters. The first-order valence-corrected chi connectivity index (χ1v) is 9.79. The number of hydrazine groups is 1. The standard InChI is InChI=1S/C18H30N4O3/c1-12-11-20(15-6-3-4-7-16(15)22(12)13(2)23)17(24)14-10-19-21-8-5-9-25-18(14)21/h12,14-16,18-19H,3-11H2,1-2H3/t12-,14?,15?,16?,18?/m0/s1. The molecule has 4 rings (SSSR count). The number of nitrogens with zero attached hydrogens (tertiary/aromatic N) is 3. The zero-order chi connectivity index (χ0) is 17.6. The molecule has 3 aliphatic heterocycles. The van der Waals surface area contributed by atoms with Gasteiger partial charge >= 0.3 is 0 Å². The summed E-state index contributed by atoms with van der Waals surface area (Å²) in [5.74, 6) is 0.202. The van der Waals surface area contributed by atoms with Gasteiger partial charge in [0.05, 0.1) is 24.6 Å². The van der Waals surface area contributed by atoms with E-state index in [1.54, 1.807) is 6.92 Å². The Balaban J connectivity index is 1.54. The van der Waals surface area contributed by atoms with Gasteiger partial charge in [0.1, 0.15) is 6.23 Å². The van der Waals surface area contributed by atoms with Crippen LogP contribution in [-0.2, 0) is 14.3 Å². The van der Waals surface area contributed by atoms with Crippen molar-refractivity contribution in [1.82, 2.24) is 20.2 Å². The number of carbonyl (C=O) groups excluding carboxylic acids is 2. The van der Waals surface area contributed by atoms with E-state index >= 15 is 0 Å². The number of ether oxygens (including phenoxy) is 1. The van der Waals surface area contributed by atoms with Crippen molar-refractivity contribution in [2.24, 2.45) is 5.92 Å². The topological polar surface area (TPSA) is 65.1 Å². The zero-order valence-electron chi connectivity index (χ0n) is 15.3. The molecule has 2 amide bonds. The molecule has 1 aliphatic carbocycles. The summed E-state index contributed by atoms with van der Waals surface area (Å²) in [7, 11) is 0. The molecule has 5 atom stereocenters. The summed E-state index contributed by atoms with van der Waals surface area (Å²) in [6.07, 6.45) is 5.16. The minimum Gasteiger partial charge on any atom is -0.361 e. The van der Waals surface area contributed by atoms with Crippen molar-refractivity contribution in [2.75, 3.05) is 26.2 Å². The number of hydrogen-bond acceptors (Lipinski definition) is 5. The van der Waals surface area contributed by atoms with Gasteiger partial charge in [0, 0.05) is 32.6 Å². The van der Waals surface area contributed by atoms with Crippen LogP contribution >= 0.6 is 0 Å². The molecule has 7 heteroatoms. The predicted molar refractivity (Wildman–Crippen MR) is 92.3 cm³/mol. The fraction of sp³-hybridized carbons (Fsp3) is 0.889. The second kappa shape index (κ2) is 6.85. The summed E-state index contributed by atoms with van der Waals surface area (Å²) in [5.41, 5.74) is 3.34. The average Bonchev–Trinajstić information content (AvgIpc) is 3.04. The first-order valence-electron chi connectivity index (χ1n) is 9.79. The van der Waals surface area contributed by atoms with Crippen LogP contribution in [0.15, 0.2) is 0 Å². The summed E-state index contributed by atoms with van der Waals surface area (Å²) in [5, 5.41) is 2.08. The Labute approximate surface area is 149 Å². The predicted octanol–water partition coefficient (Wildman–Crippen LogP) is 0.560. The number of piperazine rings is 1. The quantitative estimate of drug-likeness (QED) is 0.749. The van der Waals surface area contributed by atoms with E-state index in [0.29, 0.717) is 13.1 Å². The molecule has 0 bridgehead atoms. The van der Waals surface area contributed by atoms with Crippen molar-refractivity contribution in [3.8, 4) is 0 Å². The highest BCUT2D eigenvalue weighted by Crippen LogP contribution is 2.35. The average molecular weight is 350 g/mol. The van der Waals surface area contributed by atoms with Gasteiger partial charge in [-0.15, -0.1) is 0 Å². The Morgan fingerprint density at radius 3 is 2.64 bits per heavy atom. The molecule has 1 N–H and O–H groups in total. The van der Waals surface area contributed by atoms with Gasteiger partial charge in [-0.25, -0.2) is 5.01 Å². The van der Waals surface area contributed by atoms with Crippen LogP contribution in [0.2, 0.25) is 0 Å². The maximum absolute atomic E-state index is 13.4. The van der Waals surface area contributed by atoms with Gasteiger partial charge in [-0.1, -0.05) is 12.8 Å². The summed E-state index contributed by atoms with van der Waals surface area (Å²) in [6, 6.07) is 0.425. The molecule has 4 fully saturated rings. The van der Waals surface area contributed by atoms with Gasteiger partial charge in [0.25, 0.3) is 0 Å². The maximum Gasteiger partial charge on any atom is 0.231 e. The second-order valence-electron chi connectivity index (χ2n) is 7.96. The Kier molecular flexibility index (Phi) is 4.73. The van der Waals surface area contributed by atoms with Crippen LogP contribution in [0.5, 0.6) is 0 Å². The number of nitrogens with one attached hydrogen (secondary N) is 1. The highest BCUT2D eigenvalue weighted by Gasteiger charge is 2.49. The molecule has 3 saturated heterocycles. The Hall–Kier alpha value is -1.18. The van der Waals surface area contributed by atoms with Crippen LogP contribution in [0, 0.1) is 5.92 Å². The molecule has 140 valence electrons. The first-order chi connectivity index (χ1) is 12.1. The Morgan fingerprint density at radius 1 is 1.12 bits per heavy atom. The van der Waals surface area contributed by atoms with Crippen LogP contribution in [0.4, 0.5) is 0 Å². The van der Waals surface area contributed by atoms with Gasteiger partial charge < -0.3 is 14.5 Å². The van der Waals surface area contributed by atoms with Crippen molar-refractivity contribution in [1.29, 1.82) is 0 Å². The fourth-order valence-electron chi connectivity index (χ4n) is 5.31. The lowest BCUT2D eigenvalue weighted by Gasteiger charge is -2.53. The molecule has 0 aromatic carbocycles. The third-order valence-corrected chi connectivity index (χ3v) is 6.35. The summed E-state index contributed by atoms with van der Waals surface area (Å²) >= 11 is 0. The van der Waals surface area contributed by atoms with Gasteiger partial charge in [0.2, 0.25) is 11.8 Å². The normalized spacial score (nSPS) is 39.0. The molecule has 4 aliphatic rings. The van der Waals surface area contributed by atoms with Crippen LogP contribution < -0.4 is 5.43 Å². The minimum atomic E-state index is -0.140. The van der Waals surface area contributed by atoms with Crippen molar-refractivity contribution in [3.05, 3.63) is 0 Å². The zero-order valence-corrected chi connectivity index (χ0v) is 15.3. The second-order valence-corrected chi connectivity index (χ2v) is 7.96. The number of amides is 2. The third kappa shape index (κ3) is 2.96. The summed E-state index contributed by atoms with van der Waals surface area (Å²) in [4.78, 5) is 29.7. The third-order valence-electron chi connectivity index (χ3n) is 6.35. The van der Waals surface area contributed by atoms with Crippen molar-refractivity contribution in [2.45, 2.75) is 70.3 Å². The SMILES string of the molecule is CC(=O)N1C2CCCCC2N(C(=O)C2CNN3CCCOC23)C[C@@H]1C. The molecule has 1 saturated carbocycles. The molecule has 0 radical (unpaired) electrons. The number of carbonyl (C=O) groups is 2. The lowest BCUT2D eigenvalue weighted by atomic mass is 9.84. The highest BCUT2D eigenvalue weighted by atomic mass is 16.5. The number of rotatable bonds is 1. The Morgan fingerprint density at radius 2 is 1.88 bits per heavy atom. The van der Waals surface area contributed by atoms with E-state index in [-0.39, 0.29) is 42.1 Å². The molecule has 7 nitrogen and oxygen atoms in total. The van der Waals surface area contributed by atoms with Crippen LogP contribution in [0.3, 0.4) is 0 Å². The van der Waals surface area contributed by atoms with E-state index in [2.05, 4.69) is 22.3 Å². The van der Waals surface area contributed by atoms with Crippen molar-refractivity contribution in [3.63, 3.8) is 0 Å². The molecule has 3 heterocycles. The molecule has 0 spiro atoms. The van der Waals surface area contributed by atoms with E-state index < -0.39 is 0 Å². The van der Waals surface area contributed by atoms with Gasteiger partial charge in [-0.05, 0) is 26.2 Å². The van der Waals surface area contributed by atoms with E-state index in [4.69, 9.17) is 4.74 Å². The van der Waals surface area contributed by atoms with Crippen LogP contribution in [0.1, 0.15) is 46.0 Å². The first kappa shape index (κ1) is 17.2.